The summed E-state index contributed by atoms with van der Waals surface area (Å²) in [5.74, 6) is 0.413. The first-order valence-electron chi connectivity index (χ1n) is 5.24. The van der Waals surface area contributed by atoms with Gasteiger partial charge >= 0.3 is 6.18 Å². The Kier molecular flexibility index (Phi) is 2.81. The van der Waals surface area contributed by atoms with Gasteiger partial charge in [0.25, 0.3) is 0 Å². The molecule has 0 spiro atoms. The van der Waals surface area contributed by atoms with Gasteiger partial charge in [0.15, 0.2) is 5.60 Å². The first-order chi connectivity index (χ1) is 7.94. The van der Waals surface area contributed by atoms with Crippen molar-refractivity contribution in [3.8, 4) is 5.75 Å². The highest BCUT2D eigenvalue weighted by molar-refractivity contribution is 5.44. The van der Waals surface area contributed by atoms with E-state index in [4.69, 9.17) is 9.47 Å². The van der Waals surface area contributed by atoms with E-state index in [0.29, 0.717) is 17.7 Å². The van der Waals surface area contributed by atoms with Crippen molar-refractivity contribution in [1.82, 2.24) is 0 Å². The lowest BCUT2D eigenvalue weighted by molar-refractivity contribution is -0.275. The number of fused-ring (bicyclic) bond motifs is 1. The van der Waals surface area contributed by atoms with Crippen LogP contribution in [0.1, 0.15) is 17.5 Å². The summed E-state index contributed by atoms with van der Waals surface area (Å²) >= 11 is 0. The van der Waals surface area contributed by atoms with Gasteiger partial charge in [-0.1, -0.05) is 6.07 Å². The second-order valence-electron chi connectivity index (χ2n) is 4.05. The SMILES string of the molecule is COc1ccc2c(c1)C(OC)(C(F)(F)F)CC2. The fourth-order valence-corrected chi connectivity index (χ4v) is 2.34. The molecule has 0 aliphatic heterocycles. The topological polar surface area (TPSA) is 18.5 Å². The summed E-state index contributed by atoms with van der Waals surface area (Å²) in [4.78, 5) is 0. The smallest absolute Gasteiger partial charge is 0.421 e. The van der Waals surface area contributed by atoms with E-state index in [9.17, 15) is 13.2 Å². The van der Waals surface area contributed by atoms with Crippen LogP contribution in [0.25, 0.3) is 0 Å². The van der Waals surface area contributed by atoms with Crippen LogP contribution >= 0.6 is 0 Å². The highest BCUT2D eigenvalue weighted by atomic mass is 19.4. The monoisotopic (exact) mass is 246 g/mol. The molecular formula is C12H13F3O2. The highest BCUT2D eigenvalue weighted by Gasteiger charge is 2.59. The van der Waals surface area contributed by atoms with Crippen molar-refractivity contribution in [2.24, 2.45) is 0 Å². The van der Waals surface area contributed by atoms with Gasteiger partial charge in [0, 0.05) is 7.11 Å². The number of aryl methyl sites for hydroxylation is 1. The van der Waals surface area contributed by atoms with Gasteiger partial charge in [0.05, 0.1) is 7.11 Å². The lowest BCUT2D eigenvalue weighted by Crippen LogP contribution is -2.42. The van der Waals surface area contributed by atoms with Crippen molar-refractivity contribution >= 4 is 0 Å². The second-order valence-corrected chi connectivity index (χ2v) is 4.05. The van der Waals surface area contributed by atoms with Crippen LogP contribution in [0.15, 0.2) is 18.2 Å². The molecular weight excluding hydrogens is 233 g/mol. The number of halogens is 3. The van der Waals surface area contributed by atoms with Crippen LogP contribution in [0.5, 0.6) is 5.75 Å². The summed E-state index contributed by atoms with van der Waals surface area (Å²) in [7, 11) is 2.53. The number of methoxy groups -OCH3 is 2. The molecule has 1 aromatic rings. The molecule has 1 aliphatic rings. The van der Waals surface area contributed by atoms with Gasteiger partial charge in [0.2, 0.25) is 0 Å². The van der Waals surface area contributed by atoms with E-state index in [2.05, 4.69) is 0 Å². The molecule has 0 fully saturated rings. The van der Waals surface area contributed by atoms with Crippen molar-refractivity contribution < 1.29 is 22.6 Å². The summed E-state index contributed by atoms with van der Waals surface area (Å²) < 4.78 is 49.3. The van der Waals surface area contributed by atoms with E-state index < -0.39 is 11.8 Å². The van der Waals surface area contributed by atoms with Crippen molar-refractivity contribution in [2.45, 2.75) is 24.6 Å². The van der Waals surface area contributed by atoms with E-state index in [1.165, 1.54) is 13.2 Å². The number of alkyl halides is 3. The zero-order valence-corrected chi connectivity index (χ0v) is 9.60. The summed E-state index contributed by atoms with van der Waals surface area (Å²) in [5.41, 5.74) is -1.34. The fourth-order valence-electron chi connectivity index (χ4n) is 2.34. The average Bonchev–Trinajstić information content (AvgIpc) is 2.67. The minimum atomic E-state index is -4.42. The van der Waals surface area contributed by atoms with Gasteiger partial charge < -0.3 is 9.47 Å². The van der Waals surface area contributed by atoms with Gasteiger partial charge in [-0.15, -0.1) is 0 Å². The maximum absolute atomic E-state index is 13.2. The molecule has 0 N–H and O–H groups in total. The van der Waals surface area contributed by atoms with Gasteiger partial charge in [-0.05, 0) is 36.1 Å². The molecule has 17 heavy (non-hydrogen) atoms. The van der Waals surface area contributed by atoms with E-state index in [0.717, 1.165) is 7.11 Å². The molecule has 0 bridgehead atoms. The minimum absolute atomic E-state index is 0.0739. The Morgan fingerprint density at radius 3 is 2.47 bits per heavy atom. The third-order valence-corrected chi connectivity index (χ3v) is 3.30. The molecule has 1 aliphatic carbocycles. The first-order valence-corrected chi connectivity index (χ1v) is 5.24. The predicted octanol–water partition coefficient (Wildman–Crippen LogP) is 3.05. The maximum Gasteiger partial charge on any atom is 0.421 e. The Morgan fingerprint density at radius 1 is 1.24 bits per heavy atom. The van der Waals surface area contributed by atoms with Crippen LogP contribution in [-0.4, -0.2) is 20.4 Å². The van der Waals surface area contributed by atoms with Crippen molar-refractivity contribution in [2.75, 3.05) is 14.2 Å². The number of hydrogen-bond acceptors (Lipinski definition) is 2. The lowest BCUT2D eigenvalue weighted by atomic mass is 9.95. The molecule has 2 rings (SSSR count). The van der Waals surface area contributed by atoms with E-state index in [1.807, 2.05) is 0 Å². The third-order valence-electron chi connectivity index (χ3n) is 3.30. The molecule has 0 heterocycles. The number of ether oxygens (including phenoxy) is 2. The Labute approximate surface area is 97.3 Å². The Bertz CT molecular complexity index is 428. The second kappa shape index (κ2) is 3.91. The first kappa shape index (κ1) is 12.2. The van der Waals surface area contributed by atoms with Crippen molar-refractivity contribution in [1.29, 1.82) is 0 Å². The summed E-state index contributed by atoms with van der Waals surface area (Å²) in [5, 5.41) is 0. The summed E-state index contributed by atoms with van der Waals surface area (Å²) in [6, 6.07) is 4.75. The maximum atomic E-state index is 13.2. The molecule has 1 atom stereocenters. The van der Waals surface area contributed by atoms with E-state index >= 15 is 0 Å². The van der Waals surface area contributed by atoms with Gasteiger partial charge in [-0.3, -0.25) is 0 Å². The number of benzene rings is 1. The third kappa shape index (κ3) is 1.69. The summed E-state index contributed by atoms with van der Waals surface area (Å²) in [6.07, 6.45) is -4.12. The lowest BCUT2D eigenvalue weighted by Gasteiger charge is -2.31. The average molecular weight is 246 g/mol. The van der Waals surface area contributed by atoms with Crippen LogP contribution in [-0.2, 0) is 16.8 Å². The molecule has 0 radical (unpaired) electrons. The van der Waals surface area contributed by atoms with Crippen LogP contribution in [0.4, 0.5) is 13.2 Å². The minimum Gasteiger partial charge on any atom is -0.497 e. The van der Waals surface area contributed by atoms with Crippen molar-refractivity contribution in [3.63, 3.8) is 0 Å². The molecule has 2 nitrogen and oxygen atoms in total. The van der Waals surface area contributed by atoms with Crippen LogP contribution in [0.2, 0.25) is 0 Å². The molecule has 0 saturated heterocycles. The standard InChI is InChI=1S/C12H13F3O2/c1-16-9-4-3-8-5-6-11(17-2,10(8)7-9)12(13,14)15/h3-4,7H,5-6H2,1-2H3. The van der Waals surface area contributed by atoms with Crippen LogP contribution < -0.4 is 4.74 Å². The van der Waals surface area contributed by atoms with Gasteiger partial charge in [0.1, 0.15) is 5.75 Å². The zero-order chi connectivity index (χ0) is 12.7. The molecule has 0 saturated carbocycles. The largest absolute Gasteiger partial charge is 0.497 e. The van der Waals surface area contributed by atoms with Gasteiger partial charge in [-0.25, -0.2) is 0 Å². The fraction of sp³-hybridized carbons (Fsp3) is 0.500. The molecule has 1 aromatic carbocycles. The van der Waals surface area contributed by atoms with Crippen LogP contribution in [0, 0.1) is 0 Å². The number of rotatable bonds is 2. The van der Waals surface area contributed by atoms with E-state index in [-0.39, 0.29) is 12.0 Å². The predicted molar refractivity (Wildman–Crippen MR) is 56.1 cm³/mol. The Balaban J connectivity index is 2.57. The molecule has 94 valence electrons. The molecule has 1 unspecified atom stereocenters. The molecule has 5 heteroatoms. The van der Waals surface area contributed by atoms with Gasteiger partial charge in [-0.2, -0.15) is 13.2 Å². The number of hydrogen-bond donors (Lipinski definition) is 0. The van der Waals surface area contributed by atoms with Crippen molar-refractivity contribution in [3.05, 3.63) is 29.3 Å². The Morgan fingerprint density at radius 2 is 1.94 bits per heavy atom. The highest BCUT2D eigenvalue weighted by Crippen LogP contribution is 2.51. The molecule has 0 amide bonds. The normalized spacial score (nSPS) is 23.6. The summed E-state index contributed by atoms with van der Waals surface area (Å²) in [6.45, 7) is 0. The zero-order valence-electron chi connectivity index (χ0n) is 9.60. The van der Waals surface area contributed by atoms with E-state index in [1.54, 1.807) is 12.1 Å². The quantitative estimate of drug-likeness (QED) is 0.798. The molecule has 0 aromatic heterocycles. The van der Waals surface area contributed by atoms with Crippen LogP contribution in [0.3, 0.4) is 0 Å². The Hall–Kier alpha value is -1.23.